The summed E-state index contributed by atoms with van der Waals surface area (Å²) in [7, 11) is 0. The van der Waals surface area contributed by atoms with Gasteiger partial charge in [-0.3, -0.25) is 4.79 Å². The van der Waals surface area contributed by atoms with Crippen molar-refractivity contribution in [3.8, 4) is 0 Å². The summed E-state index contributed by atoms with van der Waals surface area (Å²) >= 11 is 0. The van der Waals surface area contributed by atoms with Gasteiger partial charge in [0.15, 0.2) is 0 Å². The number of hydrogen-bond donors (Lipinski definition) is 2. The molecule has 0 bridgehead atoms. The van der Waals surface area contributed by atoms with Crippen molar-refractivity contribution < 1.29 is 14.3 Å². The second kappa shape index (κ2) is 5.60. The molecule has 2 aliphatic rings. The molecule has 2 N–H and O–H groups in total. The molecule has 2 aliphatic heterocycles. The lowest BCUT2D eigenvalue weighted by Gasteiger charge is -2.39. The van der Waals surface area contributed by atoms with E-state index in [-0.39, 0.29) is 17.5 Å². The first-order valence-electron chi connectivity index (χ1n) is 7.29. The molecule has 1 unspecified atom stereocenters. The Morgan fingerprint density at radius 1 is 1.40 bits per heavy atom. The van der Waals surface area contributed by atoms with Gasteiger partial charge in [0.2, 0.25) is 5.91 Å². The molecule has 2 amide bonds. The Kier molecular flexibility index (Phi) is 4.22. The van der Waals surface area contributed by atoms with Gasteiger partial charge < -0.3 is 20.3 Å². The predicted molar refractivity (Wildman–Crippen MR) is 75.4 cm³/mol. The van der Waals surface area contributed by atoms with E-state index in [1.54, 1.807) is 4.90 Å². The molecule has 114 valence electrons. The molecule has 6 nitrogen and oxygen atoms in total. The molecule has 2 fully saturated rings. The van der Waals surface area contributed by atoms with Crippen LogP contribution in [0.3, 0.4) is 0 Å². The highest BCUT2D eigenvalue weighted by Crippen LogP contribution is 2.23. The Labute approximate surface area is 120 Å². The summed E-state index contributed by atoms with van der Waals surface area (Å²) in [4.78, 5) is 25.6. The van der Waals surface area contributed by atoms with Crippen LogP contribution >= 0.6 is 0 Å². The van der Waals surface area contributed by atoms with Gasteiger partial charge in [0.1, 0.15) is 5.60 Å². The summed E-state index contributed by atoms with van der Waals surface area (Å²) in [6.07, 6.45) is 2.04. The molecular weight excluding hydrogens is 258 g/mol. The maximum atomic E-state index is 12.2. The maximum Gasteiger partial charge on any atom is 0.410 e. The van der Waals surface area contributed by atoms with Gasteiger partial charge in [-0.1, -0.05) is 0 Å². The lowest BCUT2D eigenvalue weighted by molar-refractivity contribution is -0.125. The van der Waals surface area contributed by atoms with Crippen LogP contribution < -0.4 is 10.6 Å². The number of carbonyl (C=O) groups excluding carboxylic acids is 2. The molecule has 0 aliphatic carbocycles. The van der Waals surface area contributed by atoms with E-state index in [1.165, 1.54) is 0 Å². The molecule has 0 saturated carbocycles. The summed E-state index contributed by atoms with van der Waals surface area (Å²) < 4.78 is 5.44. The quantitative estimate of drug-likeness (QED) is 0.692. The van der Waals surface area contributed by atoms with Crippen molar-refractivity contribution in [3.05, 3.63) is 0 Å². The monoisotopic (exact) mass is 283 g/mol. The van der Waals surface area contributed by atoms with Crippen LogP contribution in [0.25, 0.3) is 0 Å². The number of nitrogens with zero attached hydrogens (tertiary/aromatic N) is 1. The summed E-state index contributed by atoms with van der Waals surface area (Å²) in [5.74, 6) is 0.0732. The molecule has 2 heterocycles. The Morgan fingerprint density at radius 3 is 2.80 bits per heavy atom. The van der Waals surface area contributed by atoms with E-state index in [0.29, 0.717) is 26.1 Å². The van der Waals surface area contributed by atoms with Gasteiger partial charge in [0.05, 0.1) is 5.54 Å². The van der Waals surface area contributed by atoms with E-state index in [1.807, 2.05) is 20.8 Å². The van der Waals surface area contributed by atoms with Crippen molar-refractivity contribution in [2.75, 3.05) is 26.2 Å². The van der Waals surface area contributed by atoms with Crippen LogP contribution in [0.15, 0.2) is 0 Å². The van der Waals surface area contributed by atoms with E-state index < -0.39 is 5.60 Å². The van der Waals surface area contributed by atoms with Crippen molar-refractivity contribution in [2.24, 2.45) is 0 Å². The van der Waals surface area contributed by atoms with Crippen LogP contribution in [-0.4, -0.2) is 54.2 Å². The van der Waals surface area contributed by atoms with E-state index in [2.05, 4.69) is 10.6 Å². The van der Waals surface area contributed by atoms with Crippen LogP contribution in [0.1, 0.15) is 40.0 Å². The largest absolute Gasteiger partial charge is 0.444 e. The van der Waals surface area contributed by atoms with E-state index in [4.69, 9.17) is 4.74 Å². The second-order valence-corrected chi connectivity index (χ2v) is 6.76. The van der Waals surface area contributed by atoms with Gasteiger partial charge in [-0.05, 0) is 33.6 Å². The van der Waals surface area contributed by atoms with E-state index in [9.17, 15) is 9.59 Å². The standard InChI is InChI=1S/C14H25N3O3/c1-13(2,3)20-12(19)17-8-7-15-9-14(10-17)6-4-5-11(18)16-14/h15H,4-10H2,1-3H3,(H,16,18). The summed E-state index contributed by atoms with van der Waals surface area (Å²) in [5, 5.41) is 6.38. The fraction of sp³-hybridized carbons (Fsp3) is 0.857. The zero-order valence-corrected chi connectivity index (χ0v) is 12.6. The van der Waals surface area contributed by atoms with Gasteiger partial charge in [-0.2, -0.15) is 0 Å². The third-order valence-corrected chi connectivity index (χ3v) is 3.63. The molecule has 2 rings (SSSR count). The van der Waals surface area contributed by atoms with Crippen LogP contribution in [0.5, 0.6) is 0 Å². The molecule has 0 aromatic carbocycles. The van der Waals surface area contributed by atoms with Crippen molar-refractivity contribution in [3.63, 3.8) is 0 Å². The molecule has 6 heteroatoms. The smallest absolute Gasteiger partial charge is 0.410 e. The van der Waals surface area contributed by atoms with Crippen molar-refractivity contribution in [1.82, 2.24) is 15.5 Å². The molecule has 1 atom stereocenters. The number of hydrogen-bond acceptors (Lipinski definition) is 4. The van der Waals surface area contributed by atoms with Gasteiger partial charge in [-0.25, -0.2) is 4.79 Å². The number of ether oxygens (including phenoxy) is 1. The minimum Gasteiger partial charge on any atom is -0.444 e. The van der Waals surface area contributed by atoms with Crippen molar-refractivity contribution in [2.45, 2.75) is 51.2 Å². The predicted octanol–water partition coefficient (Wildman–Crippen LogP) is 0.866. The zero-order chi connectivity index (χ0) is 14.8. The lowest BCUT2D eigenvalue weighted by Crippen LogP contribution is -2.61. The highest BCUT2D eigenvalue weighted by molar-refractivity contribution is 5.78. The molecule has 2 saturated heterocycles. The molecular formula is C14H25N3O3. The Balaban J connectivity index is 2.06. The van der Waals surface area contributed by atoms with Crippen LogP contribution in [-0.2, 0) is 9.53 Å². The number of carbonyl (C=O) groups is 2. The van der Waals surface area contributed by atoms with Crippen LogP contribution in [0.4, 0.5) is 4.79 Å². The summed E-state index contributed by atoms with van der Waals surface area (Å²) in [5.41, 5.74) is -0.845. The molecule has 0 aromatic rings. The molecule has 1 spiro atoms. The van der Waals surface area contributed by atoms with Gasteiger partial charge in [0, 0.05) is 32.6 Å². The minimum absolute atomic E-state index is 0.0732. The van der Waals surface area contributed by atoms with E-state index >= 15 is 0 Å². The second-order valence-electron chi connectivity index (χ2n) is 6.76. The Bertz CT molecular complexity index is 392. The number of nitrogens with one attached hydrogen (secondary N) is 2. The average Bonchev–Trinajstić information content (AvgIpc) is 2.50. The number of piperidine rings is 1. The molecule has 0 aromatic heterocycles. The topological polar surface area (TPSA) is 70.7 Å². The van der Waals surface area contributed by atoms with Crippen molar-refractivity contribution in [1.29, 1.82) is 0 Å². The lowest BCUT2D eigenvalue weighted by atomic mass is 9.88. The van der Waals surface area contributed by atoms with Gasteiger partial charge in [0.25, 0.3) is 0 Å². The third-order valence-electron chi connectivity index (χ3n) is 3.63. The Hall–Kier alpha value is -1.30. The van der Waals surface area contributed by atoms with Gasteiger partial charge >= 0.3 is 6.09 Å². The molecule has 20 heavy (non-hydrogen) atoms. The molecule has 0 radical (unpaired) electrons. The first-order valence-corrected chi connectivity index (χ1v) is 7.29. The zero-order valence-electron chi connectivity index (χ0n) is 12.6. The SMILES string of the molecule is CC(C)(C)OC(=O)N1CCNCC2(CCCC(=O)N2)C1. The van der Waals surface area contributed by atoms with E-state index in [0.717, 1.165) is 19.4 Å². The third kappa shape index (κ3) is 3.85. The normalized spacial score (nSPS) is 27.9. The van der Waals surface area contributed by atoms with Crippen LogP contribution in [0.2, 0.25) is 0 Å². The maximum absolute atomic E-state index is 12.2. The highest BCUT2D eigenvalue weighted by atomic mass is 16.6. The summed E-state index contributed by atoms with van der Waals surface area (Å²) in [6.45, 7) is 8.12. The summed E-state index contributed by atoms with van der Waals surface area (Å²) in [6, 6.07) is 0. The fourth-order valence-electron chi connectivity index (χ4n) is 2.78. The average molecular weight is 283 g/mol. The number of amides is 2. The minimum atomic E-state index is -0.500. The fourth-order valence-corrected chi connectivity index (χ4v) is 2.78. The van der Waals surface area contributed by atoms with Crippen molar-refractivity contribution >= 4 is 12.0 Å². The number of rotatable bonds is 0. The first kappa shape index (κ1) is 15.1. The van der Waals surface area contributed by atoms with Gasteiger partial charge in [-0.15, -0.1) is 0 Å². The Morgan fingerprint density at radius 2 is 2.15 bits per heavy atom. The van der Waals surface area contributed by atoms with Crippen LogP contribution in [0, 0.1) is 0 Å². The highest BCUT2D eigenvalue weighted by Gasteiger charge is 2.39. The first-order chi connectivity index (χ1) is 9.30.